The molecule has 0 bridgehead atoms. The van der Waals surface area contributed by atoms with Crippen molar-refractivity contribution in [2.24, 2.45) is 0 Å². The summed E-state index contributed by atoms with van der Waals surface area (Å²) in [6.07, 6.45) is 5.14. The molecule has 2 aliphatic rings. The lowest BCUT2D eigenvalue weighted by atomic mass is 9.85. The number of aryl methyl sites for hydroxylation is 1. The van der Waals surface area contributed by atoms with E-state index in [-0.39, 0.29) is 12.5 Å². The number of hydrogen-bond donors (Lipinski definition) is 1. The molecule has 2 saturated heterocycles. The molecule has 4 rings (SSSR count). The standard InChI is InChI=1S/C25H34N4O5/c1-18(8-9-19-16-26-21-7-5-4-6-20(19)21)27-12-10-25(11-13-27)23(31)28(17-22(30)34-3)24(32)29(25)14-15-33-2/h4-7,16,18,26H,8-15,17H2,1-3H3/t18-/m1/s1. The Morgan fingerprint density at radius 3 is 2.62 bits per heavy atom. The van der Waals surface area contributed by atoms with Gasteiger partial charge in [-0.25, -0.2) is 4.79 Å². The zero-order valence-electron chi connectivity index (χ0n) is 20.2. The van der Waals surface area contributed by atoms with E-state index in [1.807, 2.05) is 6.07 Å². The molecule has 0 aliphatic carbocycles. The van der Waals surface area contributed by atoms with Crippen molar-refractivity contribution in [3.8, 4) is 0 Å². The zero-order chi connectivity index (χ0) is 24.3. The van der Waals surface area contributed by atoms with E-state index in [2.05, 4.69) is 41.2 Å². The third-order valence-electron chi connectivity index (χ3n) is 7.41. The number of methoxy groups -OCH3 is 2. The molecule has 1 N–H and O–H groups in total. The van der Waals surface area contributed by atoms with Crippen molar-refractivity contribution >= 4 is 28.8 Å². The van der Waals surface area contributed by atoms with Crippen LogP contribution in [-0.4, -0.2) is 96.2 Å². The van der Waals surface area contributed by atoms with Crippen LogP contribution in [0.1, 0.15) is 31.7 Å². The monoisotopic (exact) mass is 470 g/mol. The molecule has 0 radical (unpaired) electrons. The van der Waals surface area contributed by atoms with E-state index in [0.29, 0.717) is 45.1 Å². The topological polar surface area (TPSA) is 95.2 Å². The number of imide groups is 1. The Bertz CT molecular complexity index is 1040. The lowest BCUT2D eigenvalue weighted by Crippen LogP contribution is -2.58. The Labute approximate surface area is 200 Å². The van der Waals surface area contributed by atoms with Gasteiger partial charge in [-0.05, 0) is 44.2 Å². The van der Waals surface area contributed by atoms with Crippen LogP contribution in [-0.2, 0) is 25.5 Å². The number of urea groups is 1. The summed E-state index contributed by atoms with van der Waals surface area (Å²) in [5.41, 5.74) is 1.55. The molecule has 1 atom stereocenters. The van der Waals surface area contributed by atoms with Gasteiger partial charge in [0.15, 0.2) is 0 Å². The van der Waals surface area contributed by atoms with Crippen LogP contribution in [0.2, 0.25) is 0 Å². The number of benzene rings is 1. The van der Waals surface area contributed by atoms with Crippen molar-refractivity contribution < 1.29 is 23.9 Å². The number of amides is 3. The highest BCUT2D eigenvalue weighted by Crippen LogP contribution is 2.38. The van der Waals surface area contributed by atoms with Gasteiger partial charge in [0.05, 0.1) is 13.7 Å². The zero-order valence-corrected chi connectivity index (χ0v) is 20.2. The highest BCUT2D eigenvalue weighted by atomic mass is 16.5. The summed E-state index contributed by atoms with van der Waals surface area (Å²) in [5.74, 6) is -0.904. The predicted molar refractivity (Wildman–Crippen MR) is 127 cm³/mol. The highest BCUT2D eigenvalue weighted by Gasteiger charge is 2.58. The fourth-order valence-corrected chi connectivity index (χ4v) is 5.31. The van der Waals surface area contributed by atoms with Gasteiger partial charge in [-0.1, -0.05) is 18.2 Å². The van der Waals surface area contributed by atoms with E-state index in [1.54, 1.807) is 12.0 Å². The minimum Gasteiger partial charge on any atom is -0.468 e. The largest absolute Gasteiger partial charge is 0.468 e. The fraction of sp³-hybridized carbons (Fsp3) is 0.560. The second-order valence-corrected chi connectivity index (χ2v) is 9.21. The number of H-pyrrole nitrogens is 1. The predicted octanol–water partition coefficient (Wildman–Crippen LogP) is 2.41. The van der Waals surface area contributed by atoms with Gasteiger partial charge in [-0.3, -0.25) is 14.5 Å². The fourth-order valence-electron chi connectivity index (χ4n) is 5.31. The summed E-state index contributed by atoms with van der Waals surface area (Å²) in [4.78, 5) is 46.7. The minimum atomic E-state index is -0.920. The summed E-state index contributed by atoms with van der Waals surface area (Å²) < 4.78 is 9.88. The van der Waals surface area contributed by atoms with Crippen molar-refractivity contribution in [1.29, 1.82) is 0 Å². The van der Waals surface area contributed by atoms with Gasteiger partial charge in [-0.15, -0.1) is 0 Å². The Hall–Kier alpha value is -2.91. The Kier molecular flexibility index (Phi) is 7.23. The molecule has 34 heavy (non-hydrogen) atoms. The van der Waals surface area contributed by atoms with Crippen molar-refractivity contribution in [2.45, 2.75) is 44.2 Å². The summed E-state index contributed by atoms with van der Waals surface area (Å²) in [5, 5.41) is 1.27. The van der Waals surface area contributed by atoms with Gasteiger partial charge in [-0.2, -0.15) is 0 Å². The van der Waals surface area contributed by atoms with E-state index in [1.165, 1.54) is 18.1 Å². The van der Waals surface area contributed by atoms with Gasteiger partial charge in [0.1, 0.15) is 12.1 Å². The lowest BCUT2D eigenvalue weighted by molar-refractivity contribution is -0.146. The third kappa shape index (κ3) is 4.42. The Morgan fingerprint density at radius 1 is 1.18 bits per heavy atom. The summed E-state index contributed by atoms with van der Waals surface area (Å²) in [6.45, 7) is 3.94. The van der Waals surface area contributed by atoms with Crippen LogP contribution in [0, 0.1) is 0 Å². The molecule has 0 unspecified atom stereocenters. The van der Waals surface area contributed by atoms with Gasteiger partial charge >= 0.3 is 12.0 Å². The van der Waals surface area contributed by atoms with Crippen LogP contribution in [0.15, 0.2) is 30.5 Å². The van der Waals surface area contributed by atoms with Gasteiger partial charge in [0, 0.05) is 49.9 Å². The average molecular weight is 471 g/mol. The first-order chi connectivity index (χ1) is 16.4. The molecule has 3 heterocycles. The van der Waals surface area contributed by atoms with Crippen LogP contribution in [0.3, 0.4) is 0 Å². The number of piperidine rings is 1. The van der Waals surface area contributed by atoms with Gasteiger partial charge in [0.2, 0.25) is 0 Å². The first-order valence-corrected chi connectivity index (χ1v) is 11.9. The van der Waals surface area contributed by atoms with E-state index < -0.39 is 17.5 Å². The first kappa shape index (κ1) is 24.2. The molecule has 9 heteroatoms. The molecule has 9 nitrogen and oxygen atoms in total. The van der Waals surface area contributed by atoms with Gasteiger partial charge < -0.3 is 24.3 Å². The number of rotatable bonds is 9. The maximum atomic E-state index is 13.4. The quantitative estimate of drug-likeness (QED) is 0.447. The van der Waals surface area contributed by atoms with Crippen LogP contribution in [0.5, 0.6) is 0 Å². The summed E-state index contributed by atoms with van der Waals surface area (Å²) in [7, 11) is 2.82. The van der Waals surface area contributed by atoms with E-state index in [4.69, 9.17) is 9.47 Å². The highest BCUT2D eigenvalue weighted by molar-refractivity contribution is 6.08. The van der Waals surface area contributed by atoms with Crippen molar-refractivity contribution in [3.05, 3.63) is 36.0 Å². The molecule has 184 valence electrons. The van der Waals surface area contributed by atoms with Crippen molar-refractivity contribution in [3.63, 3.8) is 0 Å². The number of aromatic nitrogens is 1. The average Bonchev–Trinajstić information content (AvgIpc) is 3.35. The molecule has 2 fully saturated rings. The lowest BCUT2D eigenvalue weighted by Gasteiger charge is -2.44. The van der Waals surface area contributed by atoms with Gasteiger partial charge in [0.25, 0.3) is 5.91 Å². The first-order valence-electron chi connectivity index (χ1n) is 11.9. The SMILES string of the molecule is COCCN1C(=O)N(CC(=O)OC)C(=O)C12CCN([C@H](C)CCc1c[nH]c3ccccc13)CC2. The molecular weight excluding hydrogens is 436 g/mol. The van der Waals surface area contributed by atoms with Crippen LogP contribution < -0.4 is 0 Å². The molecule has 2 aromatic rings. The second kappa shape index (κ2) is 10.1. The maximum absolute atomic E-state index is 13.4. The third-order valence-corrected chi connectivity index (χ3v) is 7.41. The molecule has 1 aromatic carbocycles. The van der Waals surface area contributed by atoms with E-state index in [0.717, 1.165) is 23.3 Å². The number of carbonyl (C=O) groups excluding carboxylic acids is 3. The molecule has 2 aliphatic heterocycles. The molecular formula is C25H34N4O5. The van der Waals surface area contributed by atoms with Crippen molar-refractivity contribution in [1.82, 2.24) is 19.7 Å². The number of carbonyl (C=O) groups is 3. The number of nitrogens with zero attached hydrogens (tertiary/aromatic N) is 3. The number of esters is 1. The van der Waals surface area contributed by atoms with Crippen LogP contribution >= 0.6 is 0 Å². The molecule has 1 spiro atoms. The molecule has 3 amide bonds. The smallest absolute Gasteiger partial charge is 0.328 e. The van der Waals surface area contributed by atoms with E-state index >= 15 is 0 Å². The number of fused-ring (bicyclic) bond motifs is 1. The summed E-state index contributed by atoms with van der Waals surface area (Å²) in [6, 6.07) is 8.24. The number of para-hydroxylation sites is 1. The number of likely N-dealkylation sites (tertiary alicyclic amines) is 1. The maximum Gasteiger partial charge on any atom is 0.328 e. The molecule has 0 saturated carbocycles. The number of hydrogen-bond acceptors (Lipinski definition) is 6. The number of aromatic amines is 1. The van der Waals surface area contributed by atoms with Crippen molar-refractivity contribution in [2.75, 3.05) is 47.0 Å². The van der Waals surface area contributed by atoms with Crippen LogP contribution in [0.4, 0.5) is 4.79 Å². The molecule has 1 aromatic heterocycles. The second-order valence-electron chi connectivity index (χ2n) is 9.21. The van der Waals surface area contributed by atoms with E-state index in [9.17, 15) is 14.4 Å². The number of ether oxygens (including phenoxy) is 2. The van der Waals surface area contributed by atoms with Crippen LogP contribution in [0.25, 0.3) is 10.9 Å². The number of nitrogens with one attached hydrogen (secondary N) is 1. The Morgan fingerprint density at radius 2 is 1.91 bits per heavy atom. The summed E-state index contributed by atoms with van der Waals surface area (Å²) >= 11 is 0. The minimum absolute atomic E-state index is 0.301. The normalized spacial score (nSPS) is 19.4. The Balaban J connectivity index is 1.41.